The Balaban J connectivity index is 4.33. The van der Waals surface area contributed by atoms with Gasteiger partial charge in [-0.2, -0.15) is 0 Å². The summed E-state index contributed by atoms with van der Waals surface area (Å²) in [7, 11) is 4.35. The van der Waals surface area contributed by atoms with Crippen molar-refractivity contribution in [2.45, 2.75) is 220 Å². The molecule has 0 aromatic heterocycles. The Morgan fingerprint density at radius 1 is 0.469 bits per heavy atom. The highest BCUT2D eigenvalue weighted by Gasteiger charge is 2.36. The van der Waals surface area contributed by atoms with Crippen molar-refractivity contribution >= 4 is 0 Å². The number of nitrogens with zero attached hydrogens (tertiary/aromatic N) is 1. The molecule has 0 atom stereocenters. The zero-order chi connectivity index (χ0) is 36.3. The standard InChI is InChI=1S/C47H87NO/c1-9-11-13-15-17-19-21-23-25-27-29-31-33-35-37-39-41-45(49-44-43-46(3,4)47(5,6)48(7)8)42-40-38-36-34-32-30-28-26-24-22-20-18-16-14-12-10-2/h17-20,23-26,43-45H,9-16,21-22,27-42H2,1-8H3. The summed E-state index contributed by atoms with van der Waals surface area (Å²) in [6.07, 6.45) is 57.3. The molecular formula is C47H87NO. The van der Waals surface area contributed by atoms with Crippen LogP contribution in [0.1, 0.15) is 208 Å². The van der Waals surface area contributed by atoms with Gasteiger partial charge < -0.3 is 9.64 Å². The van der Waals surface area contributed by atoms with E-state index in [2.05, 4.69) is 115 Å². The maximum absolute atomic E-state index is 6.48. The molecule has 0 aliphatic carbocycles. The monoisotopic (exact) mass is 682 g/mol. The SMILES string of the molecule is CCCCCC=CCC=CCCCCCCCCC(CCCCCCCCC=CCC=CCCCCC)OC=CC(C)(C)C(C)(C)N(C)C. The van der Waals surface area contributed by atoms with Gasteiger partial charge in [-0.1, -0.05) is 153 Å². The van der Waals surface area contributed by atoms with Gasteiger partial charge in [0.2, 0.25) is 0 Å². The van der Waals surface area contributed by atoms with Crippen LogP contribution in [-0.4, -0.2) is 30.6 Å². The van der Waals surface area contributed by atoms with Crippen molar-refractivity contribution in [1.29, 1.82) is 0 Å². The van der Waals surface area contributed by atoms with Crippen LogP contribution in [0.2, 0.25) is 0 Å². The predicted octanol–water partition coefficient (Wildman–Crippen LogP) is 15.7. The highest BCUT2D eigenvalue weighted by atomic mass is 16.5. The van der Waals surface area contributed by atoms with Crippen LogP contribution in [0.3, 0.4) is 0 Å². The van der Waals surface area contributed by atoms with Gasteiger partial charge in [-0.05, 0) is 124 Å². The minimum Gasteiger partial charge on any atom is -0.498 e. The summed E-state index contributed by atoms with van der Waals surface area (Å²) in [5.41, 5.74) is 0.0884. The molecule has 0 aliphatic rings. The Kier molecular flexibility index (Phi) is 32.5. The molecule has 0 N–H and O–H groups in total. The van der Waals surface area contributed by atoms with Crippen LogP contribution >= 0.6 is 0 Å². The third-order valence-corrected chi connectivity index (χ3v) is 10.9. The van der Waals surface area contributed by atoms with Crippen LogP contribution < -0.4 is 0 Å². The highest BCUT2D eigenvalue weighted by molar-refractivity contribution is 5.05. The average molecular weight is 682 g/mol. The molecule has 0 fully saturated rings. The number of rotatable bonds is 35. The fraction of sp³-hybridized carbons (Fsp3) is 0.787. The van der Waals surface area contributed by atoms with Gasteiger partial charge in [-0.15, -0.1) is 0 Å². The molecule has 2 nitrogen and oxygen atoms in total. The fourth-order valence-corrected chi connectivity index (χ4v) is 6.10. The first kappa shape index (κ1) is 47.5. The van der Waals surface area contributed by atoms with Crippen molar-refractivity contribution in [1.82, 2.24) is 4.90 Å². The molecule has 0 aliphatic heterocycles. The Morgan fingerprint density at radius 2 is 0.816 bits per heavy atom. The van der Waals surface area contributed by atoms with E-state index in [-0.39, 0.29) is 11.0 Å². The van der Waals surface area contributed by atoms with Crippen molar-refractivity contribution in [2.75, 3.05) is 14.1 Å². The van der Waals surface area contributed by atoms with E-state index >= 15 is 0 Å². The maximum Gasteiger partial charge on any atom is 0.0978 e. The van der Waals surface area contributed by atoms with Crippen molar-refractivity contribution in [3.63, 3.8) is 0 Å². The van der Waals surface area contributed by atoms with Crippen molar-refractivity contribution in [3.8, 4) is 0 Å². The Hall–Kier alpha value is -1.54. The lowest BCUT2D eigenvalue weighted by molar-refractivity contribution is 0.0773. The lowest BCUT2D eigenvalue weighted by Crippen LogP contribution is -2.49. The van der Waals surface area contributed by atoms with Gasteiger partial charge in [-0.25, -0.2) is 0 Å². The largest absolute Gasteiger partial charge is 0.498 e. The lowest BCUT2D eigenvalue weighted by Gasteiger charge is -2.44. The molecule has 49 heavy (non-hydrogen) atoms. The molecule has 2 heteroatoms. The molecule has 0 heterocycles. The quantitative estimate of drug-likeness (QED) is 0.0375. The van der Waals surface area contributed by atoms with E-state index in [0.29, 0.717) is 6.10 Å². The zero-order valence-electron chi connectivity index (χ0n) is 34.6. The second-order valence-corrected chi connectivity index (χ2v) is 16.0. The summed E-state index contributed by atoms with van der Waals surface area (Å²) in [6, 6.07) is 0. The molecule has 0 radical (unpaired) electrons. The van der Waals surface area contributed by atoms with E-state index < -0.39 is 0 Å². The van der Waals surface area contributed by atoms with Gasteiger partial charge in [0.05, 0.1) is 12.4 Å². The molecule has 0 bridgehead atoms. The Bertz CT molecular complexity index is 794. The minimum atomic E-state index is 0.0291. The van der Waals surface area contributed by atoms with E-state index in [0.717, 1.165) is 12.8 Å². The second kappa shape index (κ2) is 33.6. The lowest BCUT2D eigenvalue weighted by atomic mass is 9.74. The van der Waals surface area contributed by atoms with Crippen molar-refractivity contribution < 1.29 is 4.74 Å². The van der Waals surface area contributed by atoms with E-state index in [1.54, 1.807) is 0 Å². The van der Waals surface area contributed by atoms with Gasteiger partial charge in [0.1, 0.15) is 0 Å². The molecule has 0 aromatic carbocycles. The van der Waals surface area contributed by atoms with Gasteiger partial charge in [0, 0.05) is 11.0 Å². The topological polar surface area (TPSA) is 12.5 Å². The van der Waals surface area contributed by atoms with Crippen LogP contribution in [0.5, 0.6) is 0 Å². The van der Waals surface area contributed by atoms with Crippen LogP contribution in [0.25, 0.3) is 0 Å². The van der Waals surface area contributed by atoms with E-state index in [1.807, 2.05) is 6.26 Å². The van der Waals surface area contributed by atoms with Crippen molar-refractivity contribution in [2.24, 2.45) is 5.41 Å². The number of allylic oxidation sites excluding steroid dienone is 8. The van der Waals surface area contributed by atoms with E-state index in [4.69, 9.17) is 4.74 Å². The first-order chi connectivity index (χ1) is 23.7. The third kappa shape index (κ3) is 28.8. The number of unbranched alkanes of at least 4 members (excludes halogenated alkanes) is 18. The summed E-state index contributed by atoms with van der Waals surface area (Å²) < 4.78 is 6.48. The maximum atomic E-state index is 6.48. The van der Waals surface area contributed by atoms with Gasteiger partial charge in [-0.3, -0.25) is 0 Å². The normalized spacial score (nSPS) is 13.9. The minimum absolute atomic E-state index is 0.0291. The summed E-state index contributed by atoms with van der Waals surface area (Å²) >= 11 is 0. The van der Waals surface area contributed by atoms with Crippen LogP contribution in [0.15, 0.2) is 60.9 Å². The molecule has 0 saturated carbocycles. The van der Waals surface area contributed by atoms with E-state index in [1.165, 1.54) is 154 Å². The Labute approximate surface area is 309 Å². The summed E-state index contributed by atoms with van der Waals surface area (Å²) in [5, 5.41) is 0. The smallest absolute Gasteiger partial charge is 0.0978 e. The van der Waals surface area contributed by atoms with Crippen molar-refractivity contribution in [3.05, 3.63) is 60.9 Å². The molecule has 286 valence electrons. The summed E-state index contributed by atoms with van der Waals surface area (Å²) in [5.74, 6) is 0. The molecule has 0 aromatic rings. The number of hydrogen-bond donors (Lipinski definition) is 0. The molecule has 0 amide bonds. The summed E-state index contributed by atoms with van der Waals surface area (Å²) in [4.78, 5) is 2.32. The first-order valence-corrected chi connectivity index (χ1v) is 21.3. The number of hydrogen-bond acceptors (Lipinski definition) is 2. The Morgan fingerprint density at radius 3 is 1.18 bits per heavy atom. The average Bonchev–Trinajstić information content (AvgIpc) is 3.07. The molecule has 0 rings (SSSR count). The third-order valence-electron chi connectivity index (χ3n) is 10.9. The molecule has 0 unspecified atom stereocenters. The molecule has 0 spiro atoms. The first-order valence-electron chi connectivity index (χ1n) is 21.3. The van der Waals surface area contributed by atoms with Gasteiger partial charge >= 0.3 is 0 Å². The van der Waals surface area contributed by atoms with Crippen LogP contribution in [0.4, 0.5) is 0 Å². The second-order valence-electron chi connectivity index (χ2n) is 16.0. The van der Waals surface area contributed by atoms with Gasteiger partial charge in [0.15, 0.2) is 0 Å². The van der Waals surface area contributed by atoms with Crippen LogP contribution in [-0.2, 0) is 4.74 Å². The zero-order valence-corrected chi connectivity index (χ0v) is 34.6. The molecular weight excluding hydrogens is 595 g/mol. The van der Waals surface area contributed by atoms with Crippen LogP contribution in [0, 0.1) is 5.41 Å². The number of ether oxygens (including phenoxy) is 1. The molecule has 0 saturated heterocycles. The highest BCUT2D eigenvalue weighted by Crippen LogP contribution is 2.35. The van der Waals surface area contributed by atoms with Gasteiger partial charge in [0.25, 0.3) is 0 Å². The van der Waals surface area contributed by atoms with E-state index in [9.17, 15) is 0 Å². The summed E-state index contributed by atoms with van der Waals surface area (Å²) in [6.45, 7) is 13.8. The predicted molar refractivity (Wildman–Crippen MR) is 224 cm³/mol. The fourth-order valence-electron chi connectivity index (χ4n) is 6.10.